The Morgan fingerprint density at radius 1 is 0.871 bits per heavy atom. The molecule has 3 aromatic rings. The fourth-order valence-corrected chi connectivity index (χ4v) is 2.64. The monoisotopic (exact) mass is 420 g/mol. The SMILES string of the molecule is Cc1cccc(N=C(NOC(=O)c2cccc([N+](=O)[O-])c2)c2cccc([N+](=O)[O-])c2)c1. The van der Waals surface area contributed by atoms with Crippen LogP contribution in [0.4, 0.5) is 17.1 Å². The highest BCUT2D eigenvalue weighted by molar-refractivity contribution is 6.01. The molecule has 156 valence electrons. The van der Waals surface area contributed by atoms with E-state index in [0.29, 0.717) is 11.3 Å². The zero-order valence-corrected chi connectivity index (χ0v) is 16.2. The maximum absolute atomic E-state index is 12.4. The second-order valence-corrected chi connectivity index (χ2v) is 6.41. The number of carbonyl (C=O) groups is 1. The molecule has 0 fully saturated rings. The fourth-order valence-electron chi connectivity index (χ4n) is 2.64. The van der Waals surface area contributed by atoms with Crippen LogP contribution in [0.5, 0.6) is 0 Å². The van der Waals surface area contributed by atoms with Gasteiger partial charge in [-0.1, -0.05) is 30.3 Å². The third kappa shape index (κ3) is 5.48. The average Bonchev–Trinajstić information content (AvgIpc) is 2.76. The third-order valence-electron chi connectivity index (χ3n) is 4.11. The molecule has 0 heterocycles. The van der Waals surface area contributed by atoms with E-state index < -0.39 is 15.8 Å². The lowest BCUT2D eigenvalue weighted by Gasteiger charge is -2.11. The number of hydroxylamine groups is 1. The summed E-state index contributed by atoms with van der Waals surface area (Å²) in [6, 6.07) is 17.8. The quantitative estimate of drug-likeness (QED) is 0.282. The molecule has 0 aromatic heterocycles. The predicted octanol–water partition coefficient (Wildman–Crippen LogP) is 4.25. The summed E-state index contributed by atoms with van der Waals surface area (Å²) < 4.78 is 0. The Morgan fingerprint density at radius 2 is 1.45 bits per heavy atom. The summed E-state index contributed by atoms with van der Waals surface area (Å²) in [6.07, 6.45) is 0. The first-order chi connectivity index (χ1) is 14.8. The number of aryl methyl sites for hydroxylation is 1. The lowest BCUT2D eigenvalue weighted by molar-refractivity contribution is -0.385. The number of benzene rings is 3. The number of non-ortho nitro benzene ring substituents is 2. The lowest BCUT2D eigenvalue weighted by Crippen LogP contribution is -2.28. The van der Waals surface area contributed by atoms with Crippen molar-refractivity contribution in [2.75, 3.05) is 0 Å². The number of rotatable bonds is 5. The van der Waals surface area contributed by atoms with Crippen molar-refractivity contribution in [2.45, 2.75) is 6.92 Å². The number of hydrogen-bond acceptors (Lipinski definition) is 7. The minimum absolute atomic E-state index is 0.0457. The smallest absolute Gasteiger partial charge is 0.336 e. The summed E-state index contributed by atoms with van der Waals surface area (Å²) in [5.74, 6) is -0.834. The van der Waals surface area contributed by atoms with Crippen molar-refractivity contribution < 1.29 is 19.5 Å². The number of amidine groups is 1. The Balaban J connectivity index is 1.91. The minimum Gasteiger partial charge on any atom is -0.336 e. The number of nitro benzene ring substituents is 2. The Morgan fingerprint density at radius 3 is 2.06 bits per heavy atom. The molecule has 0 amide bonds. The molecule has 0 spiro atoms. The summed E-state index contributed by atoms with van der Waals surface area (Å²) in [4.78, 5) is 42.7. The molecule has 1 N–H and O–H groups in total. The van der Waals surface area contributed by atoms with Crippen molar-refractivity contribution in [3.8, 4) is 0 Å². The number of hydrogen-bond donors (Lipinski definition) is 1. The Hall–Kier alpha value is -4.60. The average molecular weight is 420 g/mol. The molecule has 10 nitrogen and oxygen atoms in total. The van der Waals surface area contributed by atoms with E-state index in [1.165, 1.54) is 36.4 Å². The number of aliphatic imine (C=N–C) groups is 1. The van der Waals surface area contributed by atoms with E-state index in [-0.39, 0.29) is 22.8 Å². The Bertz CT molecular complexity index is 1190. The molecular formula is C21H16N4O6. The number of nitro groups is 2. The topological polar surface area (TPSA) is 137 Å². The van der Waals surface area contributed by atoms with Crippen LogP contribution in [-0.4, -0.2) is 21.7 Å². The van der Waals surface area contributed by atoms with Crippen LogP contribution >= 0.6 is 0 Å². The van der Waals surface area contributed by atoms with Crippen LogP contribution in [0.25, 0.3) is 0 Å². The van der Waals surface area contributed by atoms with E-state index >= 15 is 0 Å². The minimum atomic E-state index is -0.883. The fraction of sp³-hybridized carbons (Fsp3) is 0.0476. The van der Waals surface area contributed by atoms with Gasteiger partial charge in [-0.25, -0.2) is 9.79 Å². The first-order valence-electron chi connectivity index (χ1n) is 8.95. The number of nitrogens with one attached hydrogen (secondary N) is 1. The molecule has 3 rings (SSSR count). The van der Waals surface area contributed by atoms with Gasteiger partial charge < -0.3 is 4.84 Å². The maximum Gasteiger partial charge on any atom is 0.363 e. The summed E-state index contributed by atoms with van der Waals surface area (Å²) in [5, 5.41) is 22.0. The van der Waals surface area contributed by atoms with Gasteiger partial charge in [-0.3, -0.25) is 20.2 Å². The van der Waals surface area contributed by atoms with Crippen LogP contribution in [-0.2, 0) is 4.84 Å². The van der Waals surface area contributed by atoms with Gasteiger partial charge in [0.1, 0.15) is 0 Å². The molecule has 3 aromatic carbocycles. The van der Waals surface area contributed by atoms with Crippen LogP contribution in [0, 0.1) is 27.2 Å². The van der Waals surface area contributed by atoms with E-state index in [1.54, 1.807) is 24.3 Å². The van der Waals surface area contributed by atoms with Crippen LogP contribution < -0.4 is 5.48 Å². The van der Waals surface area contributed by atoms with Gasteiger partial charge in [0.2, 0.25) is 0 Å². The highest BCUT2D eigenvalue weighted by atomic mass is 16.7. The predicted molar refractivity (Wildman–Crippen MR) is 112 cm³/mol. The van der Waals surface area contributed by atoms with Gasteiger partial charge in [-0.2, -0.15) is 5.48 Å². The van der Waals surface area contributed by atoms with Gasteiger partial charge in [0.25, 0.3) is 11.4 Å². The molecular weight excluding hydrogens is 404 g/mol. The van der Waals surface area contributed by atoms with Gasteiger partial charge in [0.05, 0.1) is 21.1 Å². The van der Waals surface area contributed by atoms with Gasteiger partial charge in [0.15, 0.2) is 5.84 Å². The van der Waals surface area contributed by atoms with Crippen molar-refractivity contribution in [3.05, 3.63) is 110 Å². The van der Waals surface area contributed by atoms with Crippen LogP contribution in [0.15, 0.2) is 77.8 Å². The molecule has 0 aliphatic carbocycles. The Kier molecular flexibility index (Phi) is 6.31. The van der Waals surface area contributed by atoms with Gasteiger partial charge in [0, 0.05) is 29.8 Å². The van der Waals surface area contributed by atoms with E-state index in [4.69, 9.17) is 4.84 Å². The summed E-state index contributed by atoms with van der Waals surface area (Å²) in [5.41, 5.74) is 3.73. The maximum atomic E-state index is 12.4. The largest absolute Gasteiger partial charge is 0.363 e. The van der Waals surface area contributed by atoms with E-state index in [0.717, 1.165) is 11.6 Å². The zero-order chi connectivity index (χ0) is 22.4. The molecule has 0 unspecified atom stereocenters. The number of nitrogens with zero attached hydrogens (tertiary/aromatic N) is 3. The molecule has 0 radical (unpaired) electrons. The third-order valence-corrected chi connectivity index (χ3v) is 4.11. The van der Waals surface area contributed by atoms with Crippen molar-refractivity contribution >= 4 is 28.9 Å². The Labute approximate surface area is 176 Å². The van der Waals surface area contributed by atoms with Crippen LogP contribution in [0.2, 0.25) is 0 Å². The molecule has 0 saturated heterocycles. The first kappa shape index (κ1) is 21.1. The molecule has 0 aliphatic heterocycles. The van der Waals surface area contributed by atoms with E-state index in [2.05, 4.69) is 10.5 Å². The highest BCUT2D eigenvalue weighted by Gasteiger charge is 2.16. The molecule has 0 aliphatic rings. The second-order valence-electron chi connectivity index (χ2n) is 6.41. The van der Waals surface area contributed by atoms with Gasteiger partial charge >= 0.3 is 5.97 Å². The van der Waals surface area contributed by atoms with Gasteiger partial charge in [-0.05, 0) is 30.7 Å². The molecule has 31 heavy (non-hydrogen) atoms. The van der Waals surface area contributed by atoms with Crippen molar-refractivity contribution in [1.82, 2.24) is 5.48 Å². The van der Waals surface area contributed by atoms with Crippen LogP contribution in [0.1, 0.15) is 21.5 Å². The van der Waals surface area contributed by atoms with Crippen molar-refractivity contribution in [2.24, 2.45) is 4.99 Å². The molecule has 0 saturated carbocycles. The first-order valence-corrected chi connectivity index (χ1v) is 8.95. The van der Waals surface area contributed by atoms with E-state index in [9.17, 15) is 25.0 Å². The summed E-state index contributed by atoms with van der Waals surface area (Å²) in [6.45, 7) is 1.88. The highest BCUT2D eigenvalue weighted by Crippen LogP contribution is 2.19. The standard InChI is InChI=1S/C21H16N4O6/c1-14-5-2-8-17(11-14)22-20(15-6-3-9-18(12-15)24(27)28)23-31-21(26)16-7-4-10-19(13-16)25(29)30/h2-13H,1H3,(H,22,23). The summed E-state index contributed by atoms with van der Waals surface area (Å²) in [7, 11) is 0. The summed E-state index contributed by atoms with van der Waals surface area (Å²) >= 11 is 0. The molecule has 10 heteroatoms. The molecule has 0 atom stereocenters. The molecule has 0 bridgehead atoms. The zero-order valence-electron chi connectivity index (χ0n) is 16.2. The number of carbonyl (C=O) groups excluding carboxylic acids is 1. The van der Waals surface area contributed by atoms with E-state index in [1.807, 2.05) is 13.0 Å². The van der Waals surface area contributed by atoms with Crippen LogP contribution in [0.3, 0.4) is 0 Å². The second kappa shape index (κ2) is 9.27. The lowest BCUT2D eigenvalue weighted by atomic mass is 10.2. The van der Waals surface area contributed by atoms with Crippen molar-refractivity contribution in [1.29, 1.82) is 0 Å². The van der Waals surface area contributed by atoms with Crippen molar-refractivity contribution in [3.63, 3.8) is 0 Å². The normalized spacial score (nSPS) is 10.9. The van der Waals surface area contributed by atoms with Gasteiger partial charge in [-0.15, -0.1) is 0 Å².